The first-order valence-corrected chi connectivity index (χ1v) is 22.0. The molecule has 0 amide bonds. The van der Waals surface area contributed by atoms with Crippen LogP contribution in [0.1, 0.15) is 5.56 Å². The lowest BCUT2D eigenvalue weighted by atomic mass is 9.87. The molecule has 0 fully saturated rings. The summed E-state index contributed by atoms with van der Waals surface area (Å²) in [6, 6.07) is 78.5. The lowest BCUT2D eigenvalue weighted by Gasteiger charge is -2.18. The Bertz CT molecular complexity index is 4000. The van der Waals surface area contributed by atoms with Crippen LogP contribution in [0.25, 0.3) is 126 Å². The number of benzene rings is 11. The summed E-state index contributed by atoms with van der Waals surface area (Å²) in [5.74, 6) is 0.610. The van der Waals surface area contributed by atoms with Crippen LogP contribution < -0.4 is 0 Å². The van der Waals surface area contributed by atoms with E-state index in [9.17, 15) is 5.26 Å². The highest BCUT2D eigenvalue weighted by Crippen LogP contribution is 2.45. The van der Waals surface area contributed by atoms with Crippen LogP contribution in [0, 0.1) is 17.9 Å². The molecule has 0 aliphatic carbocycles. The molecule has 0 aliphatic heterocycles. The van der Waals surface area contributed by atoms with E-state index in [4.69, 9.17) is 16.5 Å². The molecule has 304 valence electrons. The smallest absolute Gasteiger partial charge is 0.187 e. The van der Waals surface area contributed by atoms with Gasteiger partial charge in [-0.3, -0.25) is 0 Å². The standard InChI is InChI=1S/C62H36N4/c1-64-49-17-11-16-45(33-49)41-24-28-42(29-25-41)60-59-37-48(56-34-46-13-2-4-18-50(46)52-20-6-8-22-54(52)56)36-58(57-35-47-14-3-5-19-51(47)53-21-7-9-23-55(53)57)61(59)66-62(65-60)43-30-26-40(27-31-43)44-15-10-12-39(32-44)38-63/h2-37H. The van der Waals surface area contributed by atoms with Crippen molar-refractivity contribution in [3.63, 3.8) is 0 Å². The van der Waals surface area contributed by atoms with Gasteiger partial charge in [-0.15, -0.1) is 0 Å². The van der Waals surface area contributed by atoms with Gasteiger partial charge in [0.25, 0.3) is 0 Å². The molecule has 66 heavy (non-hydrogen) atoms. The van der Waals surface area contributed by atoms with E-state index >= 15 is 0 Å². The molecule has 0 atom stereocenters. The van der Waals surface area contributed by atoms with Crippen molar-refractivity contribution >= 4 is 59.7 Å². The normalized spacial score (nSPS) is 11.3. The molecular formula is C62H36N4. The molecule has 0 aliphatic rings. The Morgan fingerprint density at radius 2 is 0.894 bits per heavy atom. The molecule has 0 radical (unpaired) electrons. The average Bonchev–Trinajstić information content (AvgIpc) is 3.40. The van der Waals surface area contributed by atoms with Crippen LogP contribution in [-0.4, -0.2) is 9.97 Å². The number of nitriles is 1. The van der Waals surface area contributed by atoms with E-state index in [2.05, 4.69) is 181 Å². The first kappa shape index (κ1) is 38.5. The first-order chi connectivity index (χ1) is 32.6. The summed E-state index contributed by atoms with van der Waals surface area (Å²) in [5, 5.41) is 20.0. The van der Waals surface area contributed by atoms with Gasteiger partial charge in [0, 0.05) is 22.1 Å². The molecule has 11 aromatic carbocycles. The largest absolute Gasteiger partial charge is 0.238 e. The fraction of sp³-hybridized carbons (Fsp3) is 0. The fourth-order valence-electron chi connectivity index (χ4n) is 9.67. The van der Waals surface area contributed by atoms with E-state index in [1.54, 1.807) is 0 Å². The Kier molecular flexibility index (Phi) is 9.23. The summed E-state index contributed by atoms with van der Waals surface area (Å²) in [7, 11) is 0. The summed E-state index contributed by atoms with van der Waals surface area (Å²) < 4.78 is 0. The summed E-state index contributed by atoms with van der Waals surface area (Å²) >= 11 is 0. The van der Waals surface area contributed by atoms with E-state index < -0.39 is 0 Å². The highest BCUT2D eigenvalue weighted by molar-refractivity contribution is 6.19. The molecule has 1 heterocycles. The van der Waals surface area contributed by atoms with Crippen LogP contribution in [0.15, 0.2) is 218 Å². The zero-order valence-electron chi connectivity index (χ0n) is 35.6. The SMILES string of the molecule is [C-]#[N+]c1cccc(-c2ccc(-c3nc(-c4ccc(-c5cccc(C#N)c5)cc4)nc4c(-c5cc6ccccc6c6ccccc56)cc(-c5cc6ccccc6c6ccccc56)cc34)cc2)c1. The zero-order chi connectivity index (χ0) is 44.1. The molecule has 1 aromatic heterocycles. The lowest BCUT2D eigenvalue weighted by molar-refractivity contribution is 1.23. The molecule has 0 saturated carbocycles. The third-order valence-electron chi connectivity index (χ3n) is 12.9. The molecule has 4 nitrogen and oxygen atoms in total. The van der Waals surface area contributed by atoms with Crippen LogP contribution in [0.5, 0.6) is 0 Å². The Morgan fingerprint density at radius 1 is 0.364 bits per heavy atom. The molecule has 0 bridgehead atoms. The fourth-order valence-corrected chi connectivity index (χ4v) is 9.67. The molecule has 4 heteroatoms. The maximum absolute atomic E-state index is 9.61. The number of nitrogens with zero attached hydrogens (tertiary/aromatic N) is 4. The predicted molar refractivity (Wildman–Crippen MR) is 273 cm³/mol. The van der Waals surface area contributed by atoms with Gasteiger partial charge >= 0.3 is 0 Å². The van der Waals surface area contributed by atoms with Gasteiger partial charge in [-0.05, 0) is 124 Å². The Balaban J connectivity index is 1.17. The molecule has 0 spiro atoms. The lowest BCUT2D eigenvalue weighted by Crippen LogP contribution is -1.99. The van der Waals surface area contributed by atoms with Crippen molar-refractivity contribution < 1.29 is 0 Å². The van der Waals surface area contributed by atoms with Crippen molar-refractivity contribution in [1.29, 1.82) is 5.26 Å². The average molecular weight is 837 g/mol. The highest BCUT2D eigenvalue weighted by Gasteiger charge is 2.21. The highest BCUT2D eigenvalue weighted by atomic mass is 14.9. The van der Waals surface area contributed by atoms with Crippen molar-refractivity contribution in [3.05, 3.63) is 235 Å². The van der Waals surface area contributed by atoms with Crippen LogP contribution in [0.4, 0.5) is 5.69 Å². The van der Waals surface area contributed by atoms with Crippen LogP contribution in [-0.2, 0) is 0 Å². The molecule has 12 rings (SSSR count). The summed E-state index contributed by atoms with van der Waals surface area (Å²) in [4.78, 5) is 14.8. The Hall–Kier alpha value is -9.22. The molecule has 0 unspecified atom stereocenters. The maximum atomic E-state index is 9.61. The number of hydrogen-bond donors (Lipinski definition) is 0. The van der Waals surface area contributed by atoms with E-state index in [1.165, 1.54) is 32.3 Å². The summed E-state index contributed by atoms with van der Waals surface area (Å²) in [5.41, 5.74) is 13.0. The third kappa shape index (κ3) is 6.61. The van der Waals surface area contributed by atoms with Crippen LogP contribution >= 0.6 is 0 Å². The van der Waals surface area contributed by atoms with Gasteiger partial charge in [0.1, 0.15) is 0 Å². The van der Waals surface area contributed by atoms with Gasteiger partial charge in [0.2, 0.25) is 0 Å². The predicted octanol–water partition coefficient (Wildman–Crippen LogP) is 16.7. The monoisotopic (exact) mass is 836 g/mol. The number of hydrogen-bond acceptors (Lipinski definition) is 3. The summed E-state index contributed by atoms with van der Waals surface area (Å²) in [6.07, 6.45) is 0. The van der Waals surface area contributed by atoms with E-state index in [-0.39, 0.29) is 0 Å². The topological polar surface area (TPSA) is 53.9 Å². The second-order valence-corrected chi connectivity index (χ2v) is 16.7. The van der Waals surface area contributed by atoms with Crippen LogP contribution in [0.2, 0.25) is 0 Å². The number of aromatic nitrogens is 2. The van der Waals surface area contributed by atoms with Gasteiger partial charge in [-0.25, -0.2) is 14.8 Å². The molecule has 12 aromatic rings. The van der Waals surface area contributed by atoms with E-state index in [0.29, 0.717) is 17.1 Å². The van der Waals surface area contributed by atoms with Crippen molar-refractivity contribution in [1.82, 2.24) is 9.97 Å². The van der Waals surface area contributed by atoms with Gasteiger partial charge in [-0.2, -0.15) is 5.26 Å². The zero-order valence-corrected chi connectivity index (χ0v) is 35.6. The van der Waals surface area contributed by atoms with Gasteiger partial charge < -0.3 is 0 Å². The van der Waals surface area contributed by atoms with Crippen LogP contribution in [0.3, 0.4) is 0 Å². The van der Waals surface area contributed by atoms with Crippen molar-refractivity contribution in [2.24, 2.45) is 0 Å². The van der Waals surface area contributed by atoms with Crippen molar-refractivity contribution in [3.8, 4) is 73.2 Å². The minimum Gasteiger partial charge on any atom is -0.238 e. The maximum Gasteiger partial charge on any atom is 0.187 e. The second-order valence-electron chi connectivity index (χ2n) is 16.7. The minimum atomic E-state index is 0.606. The molecule has 0 saturated heterocycles. The number of rotatable bonds is 6. The first-order valence-electron chi connectivity index (χ1n) is 22.0. The van der Waals surface area contributed by atoms with Crippen molar-refractivity contribution in [2.45, 2.75) is 0 Å². The van der Waals surface area contributed by atoms with E-state index in [1.807, 2.05) is 48.5 Å². The van der Waals surface area contributed by atoms with Crippen molar-refractivity contribution in [2.75, 3.05) is 0 Å². The second kappa shape index (κ2) is 15.8. The third-order valence-corrected chi connectivity index (χ3v) is 12.9. The quantitative estimate of drug-likeness (QED) is 0.124. The molecular weight excluding hydrogens is 801 g/mol. The van der Waals surface area contributed by atoms with Gasteiger partial charge in [0.05, 0.1) is 29.4 Å². The van der Waals surface area contributed by atoms with E-state index in [0.717, 1.165) is 83.0 Å². The summed E-state index contributed by atoms with van der Waals surface area (Å²) in [6.45, 7) is 7.62. The minimum absolute atomic E-state index is 0.606. The Labute approximate surface area is 381 Å². The number of fused-ring (bicyclic) bond motifs is 7. The van der Waals surface area contributed by atoms with Gasteiger partial charge in [0.15, 0.2) is 11.5 Å². The Morgan fingerprint density at radius 3 is 1.53 bits per heavy atom. The molecule has 0 N–H and O–H groups in total. The van der Waals surface area contributed by atoms with Gasteiger partial charge in [-0.1, -0.05) is 176 Å².